The first-order valence-corrected chi connectivity index (χ1v) is 18.5. The van der Waals surface area contributed by atoms with E-state index in [9.17, 15) is 81.4 Å². The highest BCUT2D eigenvalue weighted by Gasteiger charge is 2.55. The lowest BCUT2D eigenvalue weighted by Crippen LogP contribution is -2.68. The number of carbonyl (C=O) groups excluding carboxylic acids is 1. The van der Waals surface area contributed by atoms with Crippen LogP contribution in [0.1, 0.15) is 13.8 Å². The predicted molar refractivity (Wildman–Crippen MR) is 177 cm³/mol. The van der Waals surface area contributed by atoms with E-state index in [0.717, 1.165) is 6.92 Å². The summed E-state index contributed by atoms with van der Waals surface area (Å²) in [6, 6.07) is -1.54. The van der Waals surface area contributed by atoms with E-state index in [1.165, 1.54) is 6.92 Å². The highest BCUT2D eigenvalue weighted by atomic mass is 16.8. The molecule has 0 aromatic carbocycles. The SMILES string of the molecule is CC(=O)N[C@H]1[C@H](OC[C@H]2O[C@@H](O[C@H]3[C@H](O[C@H]4O[C@@H](C)[C@@H](O)[C@@H](O)[C@@H]4O)[C@@H](O)C(O)O[C@@H]3CO)[C@H](O)[C@@H](O)[C@H]2O)O[C@H](CO)[C@@H](O)[C@@H]1O[C@@H]1O[C@H](CO)[C@H](O)[C@H](O)[C@H]1O. The molecule has 1 amide bonds. The number of carbonyl (C=O) groups is 1. The summed E-state index contributed by atoms with van der Waals surface area (Å²) in [5.41, 5.74) is 0. The Labute approximate surface area is 329 Å². The minimum absolute atomic E-state index is 0.747. The molecule has 0 bridgehead atoms. The summed E-state index contributed by atoms with van der Waals surface area (Å²) in [5, 5.41) is 159. The van der Waals surface area contributed by atoms with Gasteiger partial charge in [-0.3, -0.25) is 4.79 Å². The van der Waals surface area contributed by atoms with Crippen molar-refractivity contribution in [3.63, 3.8) is 0 Å². The Morgan fingerprint density at radius 1 is 0.483 bits per heavy atom. The molecule has 0 aliphatic carbocycles. The molecule has 25 atom stereocenters. The number of amides is 1. The number of hydrogen-bond acceptors (Lipinski definition) is 25. The molecule has 5 saturated heterocycles. The molecule has 5 aliphatic heterocycles. The largest absolute Gasteiger partial charge is 0.394 e. The van der Waals surface area contributed by atoms with E-state index in [2.05, 4.69) is 5.32 Å². The summed E-state index contributed by atoms with van der Waals surface area (Å²) in [6.07, 6.45) is -42.6. The maximum absolute atomic E-state index is 12.3. The molecule has 26 heteroatoms. The van der Waals surface area contributed by atoms with Crippen molar-refractivity contribution in [1.29, 1.82) is 0 Å². The van der Waals surface area contributed by atoms with Crippen molar-refractivity contribution in [3.05, 3.63) is 0 Å². The van der Waals surface area contributed by atoms with Crippen LogP contribution in [0, 0.1) is 0 Å². The van der Waals surface area contributed by atoms with Crippen LogP contribution < -0.4 is 5.32 Å². The van der Waals surface area contributed by atoms with Crippen molar-refractivity contribution < 1.29 is 124 Å². The monoisotopic (exact) mass is 853 g/mol. The highest BCUT2D eigenvalue weighted by Crippen LogP contribution is 2.34. The fourth-order valence-corrected chi connectivity index (χ4v) is 7.26. The number of aliphatic hydroxyl groups is 15. The van der Waals surface area contributed by atoms with Gasteiger partial charge in [0.1, 0.15) is 116 Å². The van der Waals surface area contributed by atoms with E-state index < -0.39 is 186 Å². The summed E-state index contributed by atoms with van der Waals surface area (Å²) >= 11 is 0. The Balaban J connectivity index is 1.34. The quantitative estimate of drug-likeness (QED) is 0.0818. The van der Waals surface area contributed by atoms with Gasteiger partial charge in [0, 0.05) is 6.92 Å². The molecular weight excluding hydrogens is 798 g/mol. The molecule has 26 nitrogen and oxygen atoms in total. The van der Waals surface area contributed by atoms with Gasteiger partial charge in [-0.2, -0.15) is 0 Å². The van der Waals surface area contributed by atoms with Gasteiger partial charge in [0.15, 0.2) is 31.5 Å². The molecule has 1 unspecified atom stereocenters. The summed E-state index contributed by atoms with van der Waals surface area (Å²) in [7, 11) is 0. The molecule has 338 valence electrons. The van der Waals surface area contributed by atoms with E-state index in [-0.39, 0.29) is 0 Å². The van der Waals surface area contributed by atoms with E-state index in [1.807, 2.05) is 0 Å². The minimum atomic E-state index is -2.08. The first kappa shape index (κ1) is 47.6. The minimum Gasteiger partial charge on any atom is -0.394 e. The van der Waals surface area contributed by atoms with Gasteiger partial charge in [0.2, 0.25) is 5.91 Å². The number of rotatable bonds is 13. The van der Waals surface area contributed by atoms with E-state index in [1.54, 1.807) is 0 Å². The average molecular weight is 854 g/mol. The van der Waals surface area contributed by atoms with Gasteiger partial charge in [-0.05, 0) is 6.92 Å². The zero-order valence-corrected chi connectivity index (χ0v) is 31.1. The van der Waals surface area contributed by atoms with Crippen molar-refractivity contribution in [1.82, 2.24) is 5.32 Å². The normalized spacial score (nSPS) is 51.6. The molecule has 58 heavy (non-hydrogen) atoms. The first-order chi connectivity index (χ1) is 27.3. The van der Waals surface area contributed by atoms with E-state index in [0.29, 0.717) is 0 Å². The zero-order chi connectivity index (χ0) is 42.9. The summed E-state index contributed by atoms with van der Waals surface area (Å²) in [6.45, 7) is -1.02. The van der Waals surface area contributed by atoms with Crippen LogP contribution in [0.2, 0.25) is 0 Å². The molecule has 0 spiro atoms. The van der Waals surface area contributed by atoms with Crippen LogP contribution >= 0.6 is 0 Å². The van der Waals surface area contributed by atoms with Gasteiger partial charge >= 0.3 is 0 Å². The third kappa shape index (κ3) is 9.91. The number of nitrogens with one attached hydrogen (secondary N) is 1. The van der Waals surface area contributed by atoms with Crippen LogP contribution in [0.3, 0.4) is 0 Å². The molecule has 16 N–H and O–H groups in total. The fraction of sp³-hybridized carbons (Fsp3) is 0.969. The molecule has 5 rings (SSSR count). The van der Waals surface area contributed by atoms with Gasteiger partial charge in [0.25, 0.3) is 0 Å². The molecule has 5 heterocycles. The molecule has 0 radical (unpaired) electrons. The lowest BCUT2D eigenvalue weighted by Gasteiger charge is -2.49. The van der Waals surface area contributed by atoms with Gasteiger partial charge in [-0.25, -0.2) is 0 Å². The van der Waals surface area contributed by atoms with Crippen LogP contribution in [0.4, 0.5) is 0 Å². The molecular formula is C32H55NO25. The van der Waals surface area contributed by atoms with Gasteiger partial charge in [-0.1, -0.05) is 0 Å². The Kier molecular flexibility index (Phi) is 16.5. The fourth-order valence-electron chi connectivity index (χ4n) is 7.26. The van der Waals surface area contributed by atoms with Crippen molar-refractivity contribution in [2.24, 2.45) is 0 Å². The maximum Gasteiger partial charge on any atom is 0.217 e. The summed E-state index contributed by atoms with van der Waals surface area (Å²) in [4.78, 5) is 12.3. The van der Waals surface area contributed by atoms with Gasteiger partial charge in [-0.15, -0.1) is 0 Å². The molecule has 5 fully saturated rings. The number of ether oxygens (including phenoxy) is 9. The van der Waals surface area contributed by atoms with Gasteiger partial charge < -0.3 is 125 Å². The molecule has 5 aliphatic rings. The third-order valence-electron chi connectivity index (χ3n) is 10.7. The second-order valence-corrected chi connectivity index (χ2v) is 14.7. The first-order valence-electron chi connectivity index (χ1n) is 18.5. The zero-order valence-electron chi connectivity index (χ0n) is 31.1. The number of aliphatic hydroxyl groups excluding tert-OH is 15. The standard InChI is InChI=1S/C32H55NO25/c1-7-14(38)18(42)21(45)30(51-7)58-27-24(48)28(49)52-11(5-36)25(27)56-32-23(47)20(44)16(40)12(55-32)6-50-29-13(33-8(2)37)26(17(41)10(4-35)53-29)57-31-22(46)19(43)15(39)9(3-34)54-31/h7,9-32,34-36,38-49H,3-6H2,1-2H3,(H,33,37)/t7-,9+,10+,11+,12+,13+,14+,15-,16-,17+,18+,19-,20-,21-,22+,23+,24+,25+,26+,27+,28?,29+,30+,31-,32-/m0/s1. The topological polar surface area (TPSA) is 416 Å². The van der Waals surface area contributed by atoms with Crippen LogP contribution in [-0.4, -0.2) is 262 Å². The average Bonchev–Trinajstić information content (AvgIpc) is 3.19. The van der Waals surface area contributed by atoms with Crippen LogP contribution in [0.5, 0.6) is 0 Å². The van der Waals surface area contributed by atoms with Crippen molar-refractivity contribution in [2.75, 3.05) is 26.4 Å². The van der Waals surface area contributed by atoms with Crippen molar-refractivity contribution in [3.8, 4) is 0 Å². The Morgan fingerprint density at radius 3 is 1.48 bits per heavy atom. The van der Waals surface area contributed by atoms with Crippen LogP contribution in [0.25, 0.3) is 0 Å². The third-order valence-corrected chi connectivity index (χ3v) is 10.7. The predicted octanol–water partition coefficient (Wildman–Crippen LogP) is -10.8. The van der Waals surface area contributed by atoms with Crippen LogP contribution in [-0.2, 0) is 47.4 Å². The lowest BCUT2D eigenvalue weighted by atomic mass is 9.95. The molecule has 0 aromatic rings. The summed E-state index contributed by atoms with van der Waals surface area (Å²) in [5.74, 6) is -0.747. The maximum atomic E-state index is 12.3. The van der Waals surface area contributed by atoms with E-state index >= 15 is 0 Å². The van der Waals surface area contributed by atoms with Crippen LogP contribution in [0.15, 0.2) is 0 Å². The highest BCUT2D eigenvalue weighted by molar-refractivity contribution is 5.73. The molecule has 0 aromatic heterocycles. The number of hydrogen-bond donors (Lipinski definition) is 16. The Hall–Kier alpha value is -1.49. The second-order valence-electron chi connectivity index (χ2n) is 14.7. The van der Waals surface area contributed by atoms with Gasteiger partial charge in [0.05, 0.1) is 32.5 Å². The Bertz CT molecular complexity index is 1310. The van der Waals surface area contributed by atoms with Crippen molar-refractivity contribution >= 4 is 5.91 Å². The smallest absolute Gasteiger partial charge is 0.217 e. The summed E-state index contributed by atoms with van der Waals surface area (Å²) < 4.78 is 50.6. The van der Waals surface area contributed by atoms with E-state index in [4.69, 9.17) is 42.6 Å². The molecule has 0 saturated carbocycles. The second kappa shape index (κ2) is 20.1. The van der Waals surface area contributed by atoms with Crippen molar-refractivity contribution in [2.45, 2.75) is 167 Å². The lowest BCUT2D eigenvalue weighted by molar-refractivity contribution is -0.384. The Morgan fingerprint density at radius 2 is 0.931 bits per heavy atom.